The zero-order valence-electron chi connectivity index (χ0n) is 12.2. The summed E-state index contributed by atoms with van der Waals surface area (Å²) >= 11 is 0. The number of nitrogens with zero attached hydrogens (tertiary/aromatic N) is 1. The molecule has 0 bridgehead atoms. The third-order valence-electron chi connectivity index (χ3n) is 3.93. The summed E-state index contributed by atoms with van der Waals surface area (Å²) in [5, 5.41) is 0. The quantitative estimate of drug-likeness (QED) is 0.887. The molecule has 1 saturated heterocycles. The van der Waals surface area contributed by atoms with Crippen LogP contribution in [0, 0.1) is 5.92 Å². The van der Waals surface area contributed by atoms with Gasteiger partial charge in [0.15, 0.2) is 0 Å². The molecule has 0 atom stereocenters. The fraction of sp³-hybridized carbons (Fsp3) is 0.625. The van der Waals surface area contributed by atoms with Crippen molar-refractivity contribution in [3.63, 3.8) is 0 Å². The molecule has 19 heavy (non-hydrogen) atoms. The Morgan fingerprint density at radius 1 is 1.32 bits per heavy atom. The van der Waals surface area contributed by atoms with E-state index in [1.54, 1.807) is 0 Å². The first kappa shape index (κ1) is 14.4. The lowest BCUT2D eigenvalue weighted by Crippen LogP contribution is -2.32. The third-order valence-corrected chi connectivity index (χ3v) is 3.93. The normalized spacial score (nSPS) is 17.6. The summed E-state index contributed by atoms with van der Waals surface area (Å²) in [7, 11) is 0. The maximum atomic E-state index is 5.74. The molecule has 1 heterocycles. The fourth-order valence-electron chi connectivity index (χ4n) is 2.63. The second-order valence-electron chi connectivity index (χ2n) is 5.54. The van der Waals surface area contributed by atoms with Crippen LogP contribution in [0.1, 0.15) is 37.8 Å². The van der Waals surface area contributed by atoms with Crippen molar-refractivity contribution in [2.24, 2.45) is 11.7 Å². The minimum atomic E-state index is 0.539. The highest BCUT2D eigenvalue weighted by Gasteiger charge is 2.16. The summed E-state index contributed by atoms with van der Waals surface area (Å²) in [6.07, 6.45) is 2.64. The third kappa shape index (κ3) is 3.95. The SMILES string of the molecule is CCOc1cc(CN2CCC(C)CC2)ccc1CN. The van der Waals surface area contributed by atoms with Crippen LogP contribution in [0.15, 0.2) is 18.2 Å². The largest absolute Gasteiger partial charge is 0.494 e. The summed E-state index contributed by atoms with van der Waals surface area (Å²) in [6.45, 7) is 9.04. The van der Waals surface area contributed by atoms with Crippen molar-refractivity contribution in [3.8, 4) is 5.75 Å². The molecule has 0 aromatic heterocycles. The van der Waals surface area contributed by atoms with Crippen LogP contribution in [0.25, 0.3) is 0 Å². The van der Waals surface area contributed by atoms with Crippen molar-refractivity contribution < 1.29 is 4.74 Å². The molecule has 2 N–H and O–H groups in total. The van der Waals surface area contributed by atoms with E-state index in [1.165, 1.54) is 31.5 Å². The number of hydrogen-bond donors (Lipinski definition) is 1. The van der Waals surface area contributed by atoms with E-state index in [1.807, 2.05) is 6.92 Å². The van der Waals surface area contributed by atoms with E-state index in [2.05, 4.69) is 30.0 Å². The van der Waals surface area contributed by atoms with Crippen molar-refractivity contribution >= 4 is 0 Å². The Morgan fingerprint density at radius 2 is 2.05 bits per heavy atom. The van der Waals surface area contributed by atoms with E-state index in [0.717, 1.165) is 23.8 Å². The lowest BCUT2D eigenvalue weighted by Gasteiger charge is -2.30. The van der Waals surface area contributed by atoms with Crippen LogP contribution in [0.4, 0.5) is 0 Å². The highest BCUT2D eigenvalue weighted by molar-refractivity contribution is 5.37. The Bertz CT molecular complexity index is 398. The van der Waals surface area contributed by atoms with Gasteiger partial charge in [-0.1, -0.05) is 19.1 Å². The van der Waals surface area contributed by atoms with Crippen molar-refractivity contribution in [2.75, 3.05) is 19.7 Å². The second-order valence-corrected chi connectivity index (χ2v) is 5.54. The molecule has 1 aliphatic rings. The molecule has 2 rings (SSSR count). The van der Waals surface area contributed by atoms with Crippen molar-refractivity contribution in [1.82, 2.24) is 4.90 Å². The van der Waals surface area contributed by atoms with Gasteiger partial charge in [0, 0.05) is 18.7 Å². The number of hydrogen-bond acceptors (Lipinski definition) is 3. The molecule has 1 aromatic carbocycles. The van der Waals surface area contributed by atoms with Gasteiger partial charge in [0.05, 0.1) is 6.61 Å². The molecule has 1 fully saturated rings. The van der Waals surface area contributed by atoms with Gasteiger partial charge in [-0.05, 0) is 50.4 Å². The van der Waals surface area contributed by atoms with E-state index >= 15 is 0 Å². The van der Waals surface area contributed by atoms with Crippen molar-refractivity contribution in [3.05, 3.63) is 29.3 Å². The number of rotatable bonds is 5. The molecule has 0 radical (unpaired) electrons. The average molecular weight is 262 g/mol. The Kier molecular flexibility index (Phi) is 5.23. The number of ether oxygens (including phenoxy) is 1. The van der Waals surface area contributed by atoms with Gasteiger partial charge in [-0.25, -0.2) is 0 Å². The van der Waals surface area contributed by atoms with Crippen LogP contribution >= 0.6 is 0 Å². The smallest absolute Gasteiger partial charge is 0.124 e. The molecule has 0 spiro atoms. The Balaban J connectivity index is 2.02. The van der Waals surface area contributed by atoms with Gasteiger partial charge >= 0.3 is 0 Å². The Hall–Kier alpha value is -1.06. The van der Waals surface area contributed by atoms with Crippen LogP contribution in [0.5, 0.6) is 5.75 Å². The minimum Gasteiger partial charge on any atom is -0.494 e. The first-order chi connectivity index (χ1) is 9.22. The number of likely N-dealkylation sites (tertiary alicyclic amines) is 1. The molecule has 1 aliphatic heterocycles. The first-order valence-corrected chi connectivity index (χ1v) is 7.40. The molecule has 0 saturated carbocycles. The molecule has 0 aliphatic carbocycles. The lowest BCUT2D eigenvalue weighted by atomic mass is 9.98. The summed E-state index contributed by atoms with van der Waals surface area (Å²) in [6, 6.07) is 6.44. The van der Waals surface area contributed by atoms with Crippen LogP contribution in [-0.4, -0.2) is 24.6 Å². The number of benzene rings is 1. The van der Waals surface area contributed by atoms with Gasteiger partial charge in [-0.3, -0.25) is 4.90 Å². The van der Waals surface area contributed by atoms with Crippen molar-refractivity contribution in [2.45, 2.75) is 39.8 Å². The lowest BCUT2D eigenvalue weighted by molar-refractivity contribution is 0.185. The summed E-state index contributed by atoms with van der Waals surface area (Å²) in [5.74, 6) is 1.84. The molecule has 3 heteroatoms. The Labute approximate surface area is 116 Å². The molecule has 106 valence electrons. The van der Waals surface area contributed by atoms with Crippen LogP contribution in [0.3, 0.4) is 0 Å². The predicted molar refractivity (Wildman–Crippen MR) is 79.2 cm³/mol. The highest BCUT2D eigenvalue weighted by Crippen LogP contribution is 2.23. The predicted octanol–water partition coefficient (Wildman–Crippen LogP) is 2.78. The summed E-state index contributed by atoms with van der Waals surface area (Å²) < 4.78 is 5.68. The van der Waals surface area contributed by atoms with Gasteiger partial charge in [0.25, 0.3) is 0 Å². The summed E-state index contributed by atoms with van der Waals surface area (Å²) in [4.78, 5) is 2.53. The number of nitrogens with two attached hydrogens (primary N) is 1. The standard InChI is InChI=1S/C16H26N2O/c1-3-19-16-10-14(4-5-15(16)11-17)12-18-8-6-13(2)7-9-18/h4-5,10,13H,3,6-9,11-12,17H2,1-2H3. The molecule has 0 amide bonds. The van der Waals surface area contributed by atoms with Gasteiger partial charge in [-0.2, -0.15) is 0 Å². The zero-order chi connectivity index (χ0) is 13.7. The topological polar surface area (TPSA) is 38.5 Å². The molecule has 1 aromatic rings. The maximum Gasteiger partial charge on any atom is 0.124 e. The maximum absolute atomic E-state index is 5.74. The van der Waals surface area contributed by atoms with Gasteiger partial charge in [0.1, 0.15) is 5.75 Å². The van der Waals surface area contributed by atoms with Crippen LogP contribution in [0.2, 0.25) is 0 Å². The van der Waals surface area contributed by atoms with E-state index in [-0.39, 0.29) is 0 Å². The molecular weight excluding hydrogens is 236 g/mol. The van der Waals surface area contributed by atoms with Gasteiger partial charge < -0.3 is 10.5 Å². The van der Waals surface area contributed by atoms with E-state index < -0.39 is 0 Å². The minimum absolute atomic E-state index is 0.539. The van der Waals surface area contributed by atoms with Crippen LogP contribution < -0.4 is 10.5 Å². The molecule has 3 nitrogen and oxygen atoms in total. The fourth-order valence-corrected chi connectivity index (χ4v) is 2.63. The highest BCUT2D eigenvalue weighted by atomic mass is 16.5. The molecule has 0 unspecified atom stereocenters. The van der Waals surface area contributed by atoms with Crippen molar-refractivity contribution in [1.29, 1.82) is 0 Å². The van der Waals surface area contributed by atoms with Gasteiger partial charge in [0.2, 0.25) is 0 Å². The monoisotopic (exact) mass is 262 g/mol. The zero-order valence-corrected chi connectivity index (χ0v) is 12.2. The van der Waals surface area contributed by atoms with E-state index in [0.29, 0.717) is 13.2 Å². The van der Waals surface area contributed by atoms with Gasteiger partial charge in [-0.15, -0.1) is 0 Å². The first-order valence-electron chi connectivity index (χ1n) is 7.40. The Morgan fingerprint density at radius 3 is 2.68 bits per heavy atom. The van der Waals surface area contributed by atoms with Crippen LogP contribution in [-0.2, 0) is 13.1 Å². The number of piperidine rings is 1. The second kappa shape index (κ2) is 6.92. The van der Waals surface area contributed by atoms with E-state index in [9.17, 15) is 0 Å². The van der Waals surface area contributed by atoms with E-state index in [4.69, 9.17) is 10.5 Å². The molecular formula is C16H26N2O. The summed E-state index contributed by atoms with van der Waals surface area (Å²) in [5.41, 5.74) is 8.16. The average Bonchev–Trinajstić information content (AvgIpc) is 2.42.